The van der Waals surface area contributed by atoms with Gasteiger partial charge in [0.1, 0.15) is 0 Å². The van der Waals surface area contributed by atoms with Crippen LogP contribution in [-0.2, 0) is 0 Å². The Bertz CT molecular complexity index is 2510. The summed E-state index contributed by atoms with van der Waals surface area (Å²) < 4.78 is 6.17. The molecule has 0 atom stereocenters. The predicted molar refractivity (Wildman–Crippen MR) is 201 cm³/mol. The molecular weight excluding hydrogens is 644 g/mol. The maximum Gasteiger partial charge on any atom is 0.0634 e. The summed E-state index contributed by atoms with van der Waals surface area (Å²) in [5.41, 5.74) is 9.38. The van der Waals surface area contributed by atoms with Crippen LogP contribution in [0.4, 0.5) is 17.1 Å². The van der Waals surface area contributed by atoms with Crippen LogP contribution >= 0.6 is 27.3 Å². The van der Waals surface area contributed by atoms with Crippen molar-refractivity contribution in [2.45, 2.75) is 0 Å². The van der Waals surface area contributed by atoms with Crippen molar-refractivity contribution in [2.75, 3.05) is 4.90 Å². The van der Waals surface area contributed by atoms with E-state index >= 15 is 0 Å². The molecule has 0 N–H and O–H groups in total. The van der Waals surface area contributed by atoms with Gasteiger partial charge in [0, 0.05) is 58.2 Å². The van der Waals surface area contributed by atoms with Gasteiger partial charge in [0.25, 0.3) is 0 Å². The van der Waals surface area contributed by atoms with E-state index in [1.165, 1.54) is 58.8 Å². The second kappa shape index (κ2) is 11.0. The third-order valence-corrected chi connectivity index (χ3v) is 10.5. The van der Waals surface area contributed by atoms with Crippen LogP contribution < -0.4 is 4.90 Å². The molecule has 0 amide bonds. The molecule has 0 aliphatic heterocycles. The van der Waals surface area contributed by atoms with Crippen molar-refractivity contribution in [3.8, 4) is 16.8 Å². The van der Waals surface area contributed by atoms with E-state index in [4.69, 9.17) is 0 Å². The zero-order valence-corrected chi connectivity index (χ0v) is 27.2. The molecule has 0 aliphatic carbocycles. The summed E-state index contributed by atoms with van der Waals surface area (Å²) in [5.74, 6) is 0. The van der Waals surface area contributed by atoms with Gasteiger partial charge in [-0.15, -0.1) is 11.3 Å². The summed E-state index contributed by atoms with van der Waals surface area (Å²) >= 11 is 5.43. The number of aromatic nitrogens is 1. The third kappa shape index (κ3) is 4.45. The number of nitrogens with zero attached hydrogens (tertiary/aromatic N) is 2. The zero-order valence-electron chi connectivity index (χ0n) is 24.8. The Balaban J connectivity index is 1.28. The monoisotopic (exact) mass is 670 g/mol. The topological polar surface area (TPSA) is 8.17 Å². The van der Waals surface area contributed by atoms with Crippen LogP contribution in [0.15, 0.2) is 168 Å². The third-order valence-electron chi connectivity index (χ3n) is 8.84. The lowest BCUT2D eigenvalue weighted by Gasteiger charge is -2.26. The fourth-order valence-corrected chi connectivity index (χ4v) is 8.13. The van der Waals surface area contributed by atoms with Gasteiger partial charge >= 0.3 is 0 Å². The van der Waals surface area contributed by atoms with Gasteiger partial charge in [-0.25, -0.2) is 0 Å². The Morgan fingerprint density at radius 1 is 0.478 bits per heavy atom. The van der Waals surface area contributed by atoms with E-state index in [1.807, 2.05) is 11.3 Å². The first-order valence-corrected chi connectivity index (χ1v) is 17.0. The number of hydrogen-bond donors (Lipinski definition) is 0. The molecule has 2 aromatic heterocycles. The van der Waals surface area contributed by atoms with Crippen LogP contribution in [0.2, 0.25) is 0 Å². The Morgan fingerprint density at radius 2 is 1.11 bits per heavy atom. The lowest BCUT2D eigenvalue weighted by atomic mass is 10.0. The highest BCUT2D eigenvalue weighted by Crippen LogP contribution is 2.45. The number of fused-ring (bicyclic) bond motifs is 7. The SMILES string of the molecule is Brc1ccc(-c2ccc(N(c3ccccc3)c3ccc4c(c3)c3ccc5sc6ccccc6c5c3n4-c3ccccc3)cc2)cc1. The molecule has 7 aromatic carbocycles. The van der Waals surface area contributed by atoms with Crippen molar-refractivity contribution in [2.24, 2.45) is 0 Å². The number of thiophene rings is 1. The van der Waals surface area contributed by atoms with E-state index in [9.17, 15) is 0 Å². The normalized spacial score (nSPS) is 11.6. The number of rotatable bonds is 5. The van der Waals surface area contributed by atoms with Crippen molar-refractivity contribution in [1.82, 2.24) is 4.57 Å². The largest absolute Gasteiger partial charge is 0.310 e. The van der Waals surface area contributed by atoms with Gasteiger partial charge in [-0.2, -0.15) is 0 Å². The molecule has 0 fully saturated rings. The van der Waals surface area contributed by atoms with Crippen molar-refractivity contribution in [3.05, 3.63) is 168 Å². The summed E-state index contributed by atoms with van der Waals surface area (Å²) in [7, 11) is 0. The van der Waals surface area contributed by atoms with E-state index in [0.29, 0.717) is 0 Å². The van der Waals surface area contributed by atoms with Gasteiger partial charge in [0.15, 0.2) is 0 Å². The van der Waals surface area contributed by atoms with E-state index in [-0.39, 0.29) is 0 Å². The Kier molecular flexibility index (Phi) is 6.51. The van der Waals surface area contributed by atoms with Gasteiger partial charge < -0.3 is 9.47 Å². The highest BCUT2D eigenvalue weighted by molar-refractivity contribution is 9.10. The highest BCUT2D eigenvalue weighted by Gasteiger charge is 2.20. The van der Waals surface area contributed by atoms with E-state index in [2.05, 4.69) is 189 Å². The second-order valence-corrected chi connectivity index (χ2v) is 13.5. The second-order valence-electron chi connectivity index (χ2n) is 11.5. The predicted octanol–water partition coefficient (Wildman–Crippen LogP) is 13.1. The minimum absolute atomic E-state index is 1.08. The van der Waals surface area contributed by atoms with E-state index in [1.54, 1.807) is 0 Å². The smallest absolute Gasteiger partial charge is 0.0634 e. The number of para-hydroxylation sites is 2. The van der Waals surface area contributed by atoms with Gasteiger partial charge in [-0.3, -0.25) is 0 Å². The molecular formula is C42H27BrN2S. The molecule has 4 heteroatoms. The number of halogens is 1. The molecule has 218 valence electrons. The minimum Gasteiger partial charge on any atom is -0.310 e. The van der Waals surface area contributed by atoms with Crippen LogP contribution in [0.1, 0.15) is 0 Å². The van der Waals surface area contributed by atoms with Crippen molar-refractivity contribution < 1.29 is 0 Å². The lowest BCUT2D eigenvalue weighted by molar-refractivity contribution is 1.19. The standard InChI is InChI=1S/C42H27BrN2S/c43-30-19-15-28(16-20-30)29-17-21-33(22-18-29)44(31-9-3-1-4-10-31)34-23-25-38-37(27-34)35-24-26-40-41(36-13-7-8-14-39(36)46-40)42(35)45(38)32-11-5-2-6-12-32/h1-27H. The van der Waals surface area contributed by atoms with Crippen LogP contribution in [0, 0.1) is 0 Å². The van der Waals surface area contributed by atoms with E-state index < -0.39 is 0 Å². The Hall–Kier alpha value is -5.16. The Labute approximate surface area is 279 Å². The molecule has 46 heavy (non-hydrogen) atoms. The zero-order chi connectivity index (χ0) is 30.6. The molecule has 9 rings (SSSR count). The first-order chi connectivity index (χ1) is 22.7. The average molecular weight is 672 g/mol. The molecule has 0 saturated carbocycles. The van der Waals surface area contributed by atoms with Crippen LogP contribution in [0.3, 0.4) is 0 Å². The van der Waals surface area contributed by atoms with E-state index in [0.717, 1.165) is 21.5 Å². The fraction of sp³-hybridized carbons (Fsp3) is 0. The molecule has 0 unspecified atom stereocenters. The van der Waals surface area contributed by atoms with Crippen molar-refractivity contribution in [3.63, 3.8) is 0 Å². The van der Waals surface area contributed by atoms with Crippen molar-refractivity contribution >= 4 is 86.3 Å². The molecule has 2 heterocycles. The lowest BCUT2D eigenvalue weighted by Crippen LogP contribution is -2.09. The first-order valence-electron chi connectivity index (χ1n) is 15.4. The Morgan fingerprint density at radius 3 is 1.87 bits per heavy atom. The average Bonchev–Trinajstić information content (AvgIpc) is 3.65. The van der Waals surface area contributed by atoms with Crippen LogP contribution in [-0.4, -0.2) is 4.57 Å². The number of benzene rings is 7. The maximum atomic E-state index is 3.56. The molecule has 0 saturated heterocycles. The van der Waals surface area contributed by atoms with Crippen LogP contribution in [0.5, 0.6) is 0 Å². The summed E-state index contributed by atoms with van der Waals surface area (Å²) in [6.07, 6.45) is 0. The van der Waals surface area contributed by atoms with Gasteiger partial charge in [-0.05, 0) is 90.0 Å². The summed E-state index contributed by atoms with van der Waals surface area (Å²) in [5, 5.41) is 5.13. The highest BCUT2D eigenvalue weighted by atomic mass is 79.9. The summed E-state index contributed by atoms with van der Waals surface area (Å²) in [4.78, 5) is 2.36. The molecule has 2 nitrogen and oxygen atoms in total. The fourth-order valence-electron chi connectivity index (χ4n) is 6.76. The molecule has 0 aliphatic rings. The van der Waals surface area contributed by atoms with Gasteiger partial charge in [0.2, 0.25) is 0 Å². The van der Waals surface area contributed by atoms with Gasteiger partial charge in [0.05, 0.1) is 11.0 Å². The summed E-state index contributed by atoms with van der Waals surface area (Å²) in [6, 6.07) is 59.1. The quantitative estimate of drug-likeness (QED) is 0.177. The van der Waals surface area contributed by atoms with Gasteiger partial charge in [-0.1, -0.05) is 101 Å². The first kappa shape index (κ1) is 27.2. The number of anilines is 3. The molecule has 9 aromatic rings. The number of hydrogen-bond acceptors (Lipinski definition) is 2. The minimum atomic E-state index is 1.08. The maximum absolute atomic E-state index is 3.56. The van der Waals surface area contributed by atoms with Crippen molar-refractivity contribution in [1.29, 1.82) is 0 Å². The summed E-state index contributed by atoms with van der Waals surface area (Å²) in [6.45, 7) is 0. The van der Waals surface area contributed by atoms with Crippen LogP contribution in [0.25, 0.3) is 58.8 Å². The molecule has 0 radical (unpaired) electrons. The molecule has 0 spiro atoms. The molecule has 0 bridgehead atoms.